The lowest BCUT2D eigenvalue weighted by Crippen LogP contribution is -2.38. The van der Waals surface area contributed by atoms with Crippen molar-refractivity contribution in [1.29, 1.82) is 0 Å². The van der Waals surface area contributed by atoms with E-state index in [2.05, 4.69) is 60.2 Å². The lowest BCUT2D eigenvalue weighted by atomic mass is 10.1. The fourth-order valence-corrected chi connectivity index (χ4v) is 3.50. The minimum absolute atomic E-state index is 0.00196. The Morgan fingerprint density at radius 2 is 1.79 bits per heavy atom. The molecule has 5 heteroatoms. The van der Waals surface area contributed by atoms with Crippen LogP contribution in [0.4, 0.5) is 11.4 Å². The zero-order valence-corrected chi connectivity index (χ0v) is 17.1. The molecule has 0 spiro atoms. The third kappa shape index (κ3) is 5.57. The summed E-state index contributed by atoms with van der Waals surface area (Å²) in [6.07, 6.45) is 0. The number of hydrogen-bond donors (Lipinski definition) is 1. The Morgan fingerprint density at radius 1 is 1.11 bits per heavy atom. The summed E-state index contributed by atoms with van der Waals surface area (Å²) in [6, 6.07) is 16.6. The first-order valence-corrected chi connectivity index (χ1v) is 10.0. The summed E-state index contributed by atoms with van der Waals surface area (Å²) in [6.45, 7) is 11.1. The van der Waals surface area contributed by atoms with E-state index in [4.69, 9.17) is 4.74 Å². The monoisotopic (exact) mass is 381 g/mol. The third-order valence-electron chi connectivity index (χ3n) is 5.11. The molecule has 0 aliphatic carbocycles. The Morgan fingerprint density at radius 3 is 2.43 bits per heavy atom. The van der Waals surface area contributed by atoms with Crippen LogP contribution in [0.1, 0.15) is 25.0 Å². The average molecular weight is 382 g/mol. The lowest BCUT2D eigenvalue weighted by molar-refractivity contribution is -0.115. The van der Waals surface area contributed by atoms with Crippen LogP contribution in [-0.2, 0) is 16.1 Å². The topological polar surface area (TPSA) is 44.8 Å². The summed E-state index contributed by atoms with van der Waals surface area (Å²) in [5.41, 5.74) is 4.37. The number of benzene rings is 2. The van der Waals surface area contributed by atoms with Gasteiger partial charge in [0, 0.05) is 37.1 Å². The maximum absolute atomic E-state index is 12.6. The Bertz CT molecular complexity index is 768. The molecule has 0 aromatic heterocycles. The van der Waals surface area contributed by atoms with Crippen molar-refractivity contribution in [3.05, 3.63) is 59.7 Å². The van der Waals surface area contributed by atoms with Crippen LogP contribution in [0.2, 0.25) is 0 Å². The number of anilines is 2. The zero-order chi connectivity index (χ0) is 19.9. The van der Waals surface area contributed by atoms with Crippen LogP contribution in [0.25, 0.3) is 0 Å². The van der Waals surface area contributed by atoms with E-state index in [1.165, 1.54) is 11.1 Å². The van der Waals surface area contributed by atoms with Gasteiger partial charge in [0.1, 0.15) is 0 Å². The van der Waals surface area contributed by atoms with Gasteiger partial charge >= 0.3 is 0 Å². The minimum atomic E-state index is -0.00196. The molecule has 1 heterocycles. The van der Waals surface area contributed by atoms with E-state index in [0.29, 0.717) is 6.54 Å². The van der Waals surface area contributed by atoms with Crippen molar-refractivity contribution in [3.8, 4) is 0 Å². The molecule has 1 amide bonds. The molecule has 3 rings (SSSR count). The van der Waals surface area contributed by atoms with Crippen LogP contribution in [-0.4, -0.2) is 49.7 Å². The summed E-state index contributed by atoms with van der Waals surface area (Å²) in [5.74, 6) is -0.00196. The molecule has 0 saturated carbocycles. The van der Waals surface area contributed by atoms with Crippen molar-refractivity contribution in [2.24, 2.45) is 0 Å². The summed E-state index contributed by atoms with van der Waals surface area (Å²) in [4.78, 5) is 17.2. The highest BCUT2D eigenvalue weighted by Crippen LogP contribution is 2.21. The van der Waals surface area contributed by atoms with Crippen LogP contribution in [0.15, 0.2) is 48.5 Å². The molecule has 2 aromatic carbocycles. The van der Waals surface area contributed by atoms with E-state index in [-0.39, 0.29) is 11.9 Å². The molecule has 1 aliphatic rings. The van der Waals surface area contributed by atoms with Gasteiger partial charge in [-0.3, -0.25) is 9.69 Å². The number of amides is 1. The van der Waals surface area contributed by atoms with Crippen molar-refractivity contribution >= 4 is 17.3 Å². The highest BCUT2D eigenvalue weighted by atomic mass is 16.5. The molecule has 0 radical (unpaired) electrons. The SMILES string of the molecule is Cc1ccccc1N(CC(=O)Nc1ccc(CN2CCOCC2)cc1)C(C)C. The van der Waals surface area contributed by atoms with Crippen molar-refractivity contribution in [2.45, 2.75) is 33.4 Å². The highest BCUT2D eigenvalue weighted by molar-refractivity contribution is 5.94. The number of hydrogen-bond acceptors (Lipinski definition) is 4. The lowest BCUT2D eigenvalue weighted by Gasteiger charge is -2.29. The number of nitrogens with zero attached hydrogens (tertiary/aromatic N) is 2. The van der Waals surface area contributed by atoms with E-state index in [0.717, 1.165) is 44.2 Å². The zero-order valence-electron chi connectivity index (χ0n) is 17.1. The van der Waals surface area contributed by atoms with Gasteiger partial charge in [0.05, 0.1) is 19.8 Å². The molecule has 1 saturated heterocycles. The van der Waals surface area contributed by atoms with Gasteiger partial charge in [-0.1, -0.05) is 30.3 Å². The first-order valence-electron chi connectivity index (χ1n) is 10.0. The average Bonchev–Trinajstić information content (AvgIpc) is 2.69. The second kappa shape index (κ2) is 9.71. The van der Waals surface area contributed by atoms with E-state index in [1.54, 1.807) is 0 Å². The first kappa shape index (κ1) is 20.4. The van der Waals surface area contributed by atoms with Crippen LogP contribution >= 0.6 is 0 Å². The largest absolute Gasteiger partial charge is 0.379 e. The molecular formula is C23H31N3O2. The van der Waals surface area contributed by atoms with Gasteiger partial charge in [-0.05, 0) is 50.1 Å². The van der Waals surface area contributed by atoms with E-state index >= 15 is 0 Å². The van der Waals surface area contributed by atoms with Gasteiger partial charge in [-0.15, -0.1) is 0 Å². The normalized spacial score (nSPS) is 14.9. The van der Waals surface area contributed by atoms with Crippen molar-refractivity contribution < 1.29 is 9.53 Å². The van der Waals surface area contributed by atoms with E-state index < -0.39 is 0 Å². The maximum Gasteiger partial charge on any atom is 0.243 e. The molecule has 2 aromatic rings. The predicted molar refractivity (Wildman–Crippen MR) is 115 cm³/mol. The predicted octanol–water partition coefficient (Wildman–Crippen LogP) is 3.68. The van der Waals surface area contributed by atoms with Gasteiger partial charge in [0.15, 0.2) is 0 Å². The van der Waals surface area contributed by atoms with E-state index in [9.17, 15) is 4.79 Å². The number of nitrogens with one attached hydrogen (secondary N) is 1. The molecule has 0 unspecified atom stereocenters. The maximum atomic E-state index is 12.6. The molecule has 5 nitrogen and oxygen atoms in total. The van der Waals surface area contributed by atoms with Crippen LogP contribution in [0, 0.1) is 6.92 Å². The van der Waals surface area contributed by atoms with Gasteiger partial charge < -0.3 is 15.0 Å². The smallest absolute Gasteiger partial charge is 0.243 e. The Balaban J connectivity index is 1.58. The quantitative estimate of drug-likeness (QED) is 0.795. The number of aryl methyl sites for hydroxylation is 1. The third-order valence-corrected chi connectivity index (χ3v) is 5.11. The Kier molecular flexibility index (Phi) is 7.06. The number of para-hydroxylation sites is 1. The molecule has 1 N–H and O–H groups in total. The molecule has 28 heavy (non-hydrogen) atoms. The fraction of sp³-hybridized carbons (Fsp3) is 0.435. The molecule has 1 fully saturated rings. The van der Waals surface area contributed by atoms with Gasteiger partial charge in [-0.2, -0.15) is 0 Å². The number of carbonyl (C=O) groups excluding carboxylic acids is 1. The van der Waals surface area contributed by atoms with Crippen LogP contribution < -0.4 is 10.2 Å². The molecule has 0 atom stereocenters. The summed E-state index contributed by atoms with van der Waals surface area (Å²) in [5, 5.41) is 3.03. The molecular weight excluding hydrogens is 350 g/mol. The molecule has 1 aliphatic heterocycles. The van der Waals surface area contributed by atoms with Crippen molar-refractivity contribution in [2.75, 3.05) is 43.1 Å². The Hall–Kier alpha value is -2.37. The Labute approximate surface area is 168 Å². The highest BCUT2D eigenvalue weighted by Gasteiger charge is 2.16. The van der Waals surface area contributed by atoms with Crippen LogP contribution in [0.3, 0.4) is 0 Å². The number of morpholine rings is 1. The second-order valence-corrected chi connectivity index (χ2v) is 7.64. The minimum Gasteiger partial charge on any atom is -0.379 e. The number of carbonyl (C=O) groups is 1. The van der Waals surface area contributed by atoms with Gasteiger partial charge in [0.2, 0.25) is 5.91 Å². The van der Waals surface area contributed by atoms with Crippen molar-refractivity contribution in [1.82, 2.24) is 4.90 Å². The van der Waals surface area contributed by atoms with Gasteiger partial charge in [0.25, 0.3) is 0 Å². The second-order valence-electron chi connectivity index (χ2n) is 7.64. The van der Waals surface area contributed by atoms with Crippen LogP contribution in [0.5, 0.6) is 0 Å². The summed E-state index contributed by atoms with van der Waals surface area (Å²) in [7, 11) is 0. The molecule has 150 valence electrons. The first-order chi connectivity index (χ1) is 13.5. The standard InChI is InChI=1S/C23H31N3O2/c1-18(2)26(22-7-5-4-6-19(22)3)17-23(27)24-21-10-8-20(9-11-21)16-25-12-14-28-15-13-25/h4-11,18H,12-17H2,1-3H3,(H,24,27). The number of rotatable bonds is 7. The van der Waals surface area contributed by atoms with E-state index in [1.807, 2.05) is 24.3 Å². The summed E-state index contributed by atoms with van der Waals surface area (Å²) < 4.78 is 5.39. The summed E-state index contributed by atoms with van der Waals surface area (Å²) >= 11 is 0. The fourth-order valence-electron chi connectivity index (χ4n) is 3.50. The van der Waals surface area contributed by atoms with Crippen molar-refractivity contribution in [3.63, 3.8) is 0 Å². The molecule has 0 bridgehead atoms. The van der Waals surface area contributed by atoms with Gasteiger partial charge in [-0.25, -0.2) is 0 Å². The number of ether oxygens (including phenoxy) is 1.